The number of hydrogen-bond donors (Lipinski definition) is 1. The smallest absolute Gasteiger partial charge is 0.233 e. The summed E-state index contributed by atoms with van der Waals surface area (Å²) in [5.41, 5.74) is 0. The van der Waals surface area contributed by atoms with Crippen molar-refractivity contribution in [2.75, 3.05) is 19.6 Å². The van der Waals surface area contributed by atoms with Gasteiger partial charge in [0.05, 0.1) is 12.5 Å². The molecule has 0 aliphatic carbocycles. The minimum Gasteiger partial charge on any atom is -0.471 e. The van der Waals surface area contributed by atoms with Gasteiger partial charge in [-0.25, -0.2) is 0 Å². The van der Waals surface area contributed by atoms with E-state index in [-0.39, 0.29) is 23.8 Å². The molecule has 2 atom stereocenters. The lowest BCUT2D eigenvalue weighted by Gasteiger charge is -2.26. The maximum Gasteiger partial charge on any atom is 0.233 e. The number of amides is 2. The third-order valence-electron chi connectivity index (χ3n) is 3.91. The summed E-state index contributed by atoms with van der Waals surface area (Å²) in [5, 5.41) is 10.4. The van der Waals surface area contributed by atoms with E-state index in [1.165, 1.54) is 0 Å². The number of nitrogens with one attached hydrogen (secondary N) is 1. The minimum atomic E-state index is -0.0991. The summed E-state index contributed by atoms with van der Waals surface area (Å²) in [7, 11) is 0. The highest BCUT2D eigenvalue weighted by atomic mass is 16.5. The van der Waals surface area contributed by atoms with Crippen LogP contribution in [0, 0.1) is 5.92 Å². The second kappa shape index (κ2) is 6.07. The number of likely N-dealkylation sites (tertiary alicyclic amines) is 1. The topological polar surface area (TPSA) is 84.4 Å². The van der Waals surface area contributed by atoms with Crippen molar-refractivity contribution in [2.24, 2.45) is 5.92 Å². The Kier molecular flexibility index (Phi) is 3.98. The van der Waals surface area contributed by atoms with Gasteiger partial charge in [-0.15, -0.1) is 5.10 Å². The van der Waals surface area contributed by atoms with Crippen LogP contribution in [-0.4, -0.2) is 52.6 Å². The molecule has 0 spiro atoms. The molecule has 2 saturated heterocycles. The van der Waals surface area contributed by atoms with E-state index >= 15 is 0 Å². The molecule has 0 aromatic carbocycles. The third-order valence-corrected chi connectivity index (χ3v) is 3.91. The summed E-state index contributed by atoms with van der Waals surface area (Å²) in [4.78, 5) is 25.4. The molecule has 0 radical (unpaired) electrons. The number of aromatic nitrogens is 2. The van der Waals surface area contributed by atoms with Crippen molar-refractivity contribution < 1.29 is 14.3 Å². The van der Waals surface area contributed by atoms with E-state index in [1.54, 1.807) is 18.3 Å². The van der Waals surface area contributed by atoms with Crippen molar-refractivity contribution in [3.63, 3.8) is 0 Å². The molecule has 2 fully saturated rings. The van der Waals surface area contributed by atoms with E-state index in [2.05, 4.69) is 15.5 Å². The van der Waals surface area contributed by atoms with E-state index in [1.807, 2.05) is 4.90 Å². The van der Waals surface area contributed by atoms with Crippen molar-refractivity contribution in [3.8, 4) is 5.88 Å². The molecule has 0 bridgehead atoms. The zero-order valence-electron chi connectivity index (χ0n) is 11.7. The summed E-state index contributed by atoms with van der Waals surface area (Å²) < 4.78 is 5.72. The van der Waals surface area contributed by atoms with Gasteiger partial charge < -0.3 is 15.0 Å². The van der Waals surface area contributed by atoms with Crippen LogP contribution in [0.4, 0.5) is 0 Å². The first-order valence-electron chi connectivity index (χ1n) is 7.22. The zero-order valence-corrected chi connectivity index (χ0v) is 11.7. The highest BCUT2D eigenvalue weighted by Crippen LogP contribution is 2.20. The molecular weight excluding hydrogens is 272 g/mol. The average Bonchev–Trinajstić information content (AvgIpc) is 2.97. The van der Waals surface area contributed by atoms with Crippen molar-refractivity contribution in [1.82, 2.24) is 20.4 Å². The summed E-state index contributed by atoms with van der Waals surface area (Å²) in [5.74, 6) is 0.532. The standard InChI is InChI=1S/C14H18N4O3/c19-12-4-3-10(8-15-12)14(20)18-7-5-11(9-18)21-13-2-1-6-16-17-13/h1-2,6,10-11H,3-5,7-9H2,(H,15,19). The van der Waals surface area contributed by atoms with Crippen molar-refractivity contribution >= 4 is 11.8 Å². The van der Waals surface area contributed by atoms with E-state index in [0.29, 0.717) is 38.4 Å². The van der Waals surface area contributed by atoms with Gasteiger partial charge in [0, 0.05) is 38.2 Å². The van der Waals surface area contributed by atoms with Gasteiger partial charge in [0.2, 0.25) is 17.7 Å². The van der Waals surface area contributed by atoms with Gasteiger partial charge in [0.25, 0.3) is 0 Å². The Morgan fingerprint density at radius 1 is 1.43 bits per heavy atom. The fourth-order valence-corrected chi connectivity index (χ4v) is 2.75. The van der Waals surface area contributed by atoms with Crippen LogP contribution in [0.3, 0.4) is 0 Å². The van der Waals surface area contributed by atoms with Crippen LogP contribution in [0.2, 0.25) is 0 Å². The van der Waals surface area contributed by atoms with Crippen LogP contribution < -0.4 is 10.1 Å². The van der Waals surface area contributed by atoms with Crippen LogP contribution in [0.5, 0.6) is 5.88 Å². The molecule has 21 heavy (non-hydrogen) atoms. The summed E-state index contributed by atoms with van der Waals surface area (Å²) in [6.07, 6.45) is 3.42. The second-order valence-corrected chi connectivity index (χ2v) is 5.41. The van der Waals surface area contributed by atoms with Crippen LogP contribution in [0.25, 0.3) is 0 Å². The van der Waals surface area contributed by atoms with Gasteiger partial charge in [0.1, 0.15) is 6.10 Å². The van der Waals surface area contributed by atoms with Gasteiger partial charge in [-0.05, 0) is 12.5 Å². The quantitative estimate of drug-likeness (QED) is 0.846. The molecule has 1 aromatic rings. The lowest BCUT2D eigenvalue weighted by molar-refractivity contribution is -0.136. The van der Waals surface area contributed by atoms with Crippen LogP contribution in [0.1, 0.15) is 19.3 Å². The van der Waals surface area contributed by atoms with Gasteiger partial charge in [-0.3, -0.25) is 9.59 Å². The maximum absolute atomic E-state index is 12.4. The molecule has 112 valence electrons. The SMILES string of the molecule is O=C1CCC(C(=O)N2CCC(Oc3cccnn3)C2)CN1. The molecule has 1 aromatic heterocycles. The summed E-state index contributed by atoms with van der Waals surface area (Å²) >= 11 is 0. The number of hydrogen-bond acceptors (Lipinski definition) is 5. The van der Waals surface area contributed by atoms with Crippen molar-refractivity contribution in [3.05, 3.63) is 18.3 Å². The predicted molar refractivity (Wildman–Crippen MR) is 73.4 cm³/mol. The molecule has 3 rings (SSSR count). The highest BCUT2D eigenvalue weighted by Gasteiger charge is 2.33. The number of rotatable bonds is 3. The molecule has 1 N–H and O–H groups in total. The maximum atomic E-state index is 12.4. The van der Waals surface area contributed by atoms with Crippen molar-refractivity contribution in [2.45, 2.75) is 25.4 Å². The molecule has 7 heteroatoms. The Morgan fingerprint density at radius 2 is 2.33 bits per heavy atom. The first-order chi connectivity index (χ1) is 10.2. The van der Waals surface area contributed by atoms with E-state index < -0.39 is 0 Å². The van der Waals surface area contributed by atoms with Gasteiger partial charge in [0.15, 0.2) is 0 Å². The average molecular weight is 290 g/mol. The third kappa shape index (κ3) is 3.29. The molecule has 0 saturated carbocycles. The fourth-order valence-electron chi connectivity index (χ4n) is 2.75. The Bertz CT molecular complexity index is 512. The zero-order chi connectivity index (χ0) is 14.7. The first kappa shape index (κ1) is 13.8. The normalized spacial score (nSPS) is 25.5. The lowest BCUT2D eigenvalue weighted by atomic mass is 9.98. The Hall–Kier alpha value is -2.18. The van der Waals surface area contributed by atoms with Gasteiger partial charge in [-0.1, -0.05) is 0 Å². The second-order valence-electron chi connectivity index (χ2n) is 5.41. The summed E-state index contributed by atoms with van der Waals surface area (Å²) in [6.45, 7) is 1.71. The molecular formula is C14H18N4O3. The number of ether oxygens (including phenoxy) is 1. The Morgan fingerprint density at radius 3 is 3.05 bits per heavy atom. The summed E-state index contributed by atoms with van der Waals surface area (Å²) in [6, 6.07) is 3.53. The molecule has 3 heterocycles. The number of carbonyl (C=O) groups excluding carboxylic acids is 2. The van der Waals surface area contributed by atoms with Crippen LogP contribution >= 0.6 is 0 Å². The Balaban J connectivity index is 1.52. The van der Waals surface area contributed by atoms with E-state index in [4.69, 9.17) is 4.74 Å². The predicted octanol–water partition coefficient (Wildman–Crippen LogP) is -0.0175. The lowest BCUT2D eigenvalue weighted by Crippen LogP contribution is -2.44. The van der Waals surface area contributed by atoms with E-state index in [0.717, 1.165) is 6.42 Å². The number of piperidine rings is 1. The largest absolute Gasteiger partial charge is 0.471 e. The minimum absolute atomic E-state index is 0.0318. The highest BCUT2D eigenvalue weighted by molar-refractivity contribution is 5.83. The van der Waals surface area contributed by atoms with E-state index in [9.17, 15) is 9.59 Å². The van der Waals surface area contributed by atoms with Crippen LogP contribution in [-0.2, 0) is 9.59 Å². The number of nitrogens with zero attached hydrogens (tertiary/aromatic N) is 3. The van der Waals surface area contributed by atoms with Gasteiger partial charge in [-0.2, -0.15) is 5.10 Å². The molecule has 7 nitrogen and oxygen atoms in total. The molecule has 2 unspecified atom stereocenters. The first-order valence-corrected chi connectivity index (χ1v) is 7.22. The molecule has 2 amide bonds. The van der Waals surface area contributed by atoms with Crippen molar-refractivity contribution in [1.29, 1.82) is 0 Å². The molecule has 2 aliphatic rings. The molecule has 2 aliphatic heterocycles. The number of carbonyl (C=O) groups is 2. The van der Waals surface area contributed by atoms with Gasteiger partial charge >= 0.3 is 0 Å². The Labute approximate surface area is 122 Å². The fraction of sp³-hybridized carbons (Fsp3) is 0.571. The monoisotopic (exact) mass is 290 g/mol. The van der Waals surface area contributed by atoms with Crippen LogP contribution in [0.15, 0.2) is 18.3 Å².